The molecular weight excluding hydrogens is 296 g/mol. The highest BCUT2D eigenvalue weighted by Crippen LogP contribution is 2.16. The highest BCUT2D eigenvalue weighted by Gasteiger charge is 2.19. The summed E-state index contributed by atoms with van der Waals surface area (Å²) in [6.45, 7) is 4.21. The average Bonchev–Trinajstić information content (AvgIpc) is 2.94. The molecule has 0 amide bonds. The van der Waals surface area contributed by atoms with E-state index in [1.807, 2.05) is 30.1 Å². The van der Waals surface area contributed by atoms with Crippen molar-refractivity contribution in [3.8, 4) is 0 Å². The lowest BCUT2D eigenvalue weighted by Crippen LogP contribution is -2.42. The van der Waals surface area contributed by atoms with Crippen molar-refractivity contribution in [1.29, 1.82) is 0 Å². The van der Waals surface area contributed by atoms with E-state index in [4.69, 9.17) is 11.6 Å². The van der Waals surface area contributed by atoms with E-state index in [1.165, 1.54) is 24.1 Å². The Hall–Kier alpha value is -1.36. The molecule has 0 aliphatic carbocycles. The van der Waals surface area contributed by atoms with Crippen LogP contribution in [0.25, 0.3) is 0 Å². The van der Waals surface area contributed by atoms with Crippen molar-refractivity contribution in [3.63, 3.8) is 0 Å². The quantitative estimate of drug-likeness (QED) is 0.920. The molecule has 3 rings (SSSR count). The lowest BCUT2D eigenvalue weighted by Gasteiger charge is -2.32. The van der Waals surface area contributed by atoms with Gasteiger partial charge in [-0.1, -0.05) is 23.7 Å². The minimum absolute atomic E-state index is 0.608. The predicted molar refractivity (Wildman–Crippen MR) is 89.8 cm³/mol. The van der Waals surface area contributed by atoms with Gasteiger partial charge in [-0.25, -0.2) is 0 Å². The van der Waals surface area contributed by atoms with Gasteiger partial charge in [0.1, 0.15) is 0 Å². The molecule has 0 atom stereocenters. The SMILES string of the molecule is Cn1nccc1CNC1CCN(Cc2ccc(Cl)cc2)CC1. The zero-order chi connectivity index (χ0) is 15.4. The molecule has 118 valence electrons. The summed E-state index contributed by atoms with van der Waals surface area (Å²) in [6, 6.07) is 10.9. The molecule has 4 nitrogen and oxygen atoms in total. The first-order chi connectivity index (χ1) is 10.7. The second-order valence-electron chi connectivity index (χ2n) is 6.00. The van der Waals surface area contributed by atoms with Gasteiger partial charge in [0.05, 0.1) is 5.69 Å². The fourth-order valence-electron chi connectivity index (χ4n) is 2.97. The van der Waals surface area contributed by atoms with Gasteiger partial charge in [-0.2, -0.15) is 5.10 Å². The molecule has 0 saturated carbocycles. The number of aromatic nitrogens is 2. The molecule has 2 heterocycles. The normalized spacial score (nSPS) is 17.0. The van der Waals surface area contributed by atoms with Crippen molar-refractivity contribution in [2.45, 2.75) is 32.0 Å². The number of rotatable bonds is 5. The van der Waals surface area contributed by atoms with Crippen LogP contribution in [0.3, 0.4) is 0 Å². The van der Waals surface area contributed by atoms with Crippen LogP contribution in [-0.4, -0.2) is 33.8 Å². The van der Waals surface area contributed by atoms with Crippen LogP contribution in [0.1, 0.15) is 24.1 Å². The third kappa shape index (κ3) is 4.09. The number of likely N-dealkylation sites (tertiary alicyclic amines) is 1. The van der Waals surface area contributed by atoms with Gasteiger partial charge in [-0.05, 0) is 49.7 Å². The third-order valence-corrected chi connectivity index (χ3v) is 4.65. The Morgan fingerprint density at radius 2 is 1.91 bits per heavy atom. The van der Waals surface area contributed by atoms with Crippen LogP contribution in [0.2, 0.25) is 5.02 Å². The van der Waals surface area contributed by atoms with Gasteiger partial charge < -0.3 is 5.32 Å². The fraction of sp³-hybridized carbons (Fsp3) is 0.471. The lowest BCUT2D eigenvalue weighted by atomic mass is 10.0. The molecule has 1 saturated heterocycles. The summed E-state index contributed by atoms with van der Waals surface area (Å²) in [5.74, 6) is 0. The van der Waals surface area contributed by atoms with Gasteiger partial charge in [0.25, 0.3) is 0 Å². The number of nitrogens with one attached hydrogen (secondary N) is 1. The van der Waals surface area contributed by atoms with Gasteiger partial charge in [-0.15, -0.1) is 0 Å². The van der Waals surface area contributed by atoms with E-state index in [1.54, 1.807) is 0 Å². The number of hydrogen-bond acceptors (Lipinski definition) is 3. The third-order valence-electron chi connectivity index (χ3n) is 4.40. The van der Waals surface area contributed by atoms with Gasteiger partial charge >= 0.3 is 0 Å². The Labute approximate surface area is 137 Å². The minimum Gasteiger partial charge on any atom is -0.308 e. The summed E-state index contributed by atoms with van der Waals surface area (Å²) in [5, 5.41) is 8.66. The first-order valence-corrected chi connectivity index (χ1v) is 8.25. The number of benzene rings is 1. The average molecular weight is 319 g/mol. The molecule has 2 aromatic rings. The van der Waals surface area contributed by atoms with Gasteiger partial charge in [0.15, 0.2) is 0 Å². The molecule has 22 heavy (non-hydrogen) atoms. The van der Waals surface area contributed by atoms with Crippen LogP contribution in [0.4, 0.5) is 0 Å². The van der Waals surface area contributed by atoms with Crippen LogP contribution in [0.5, 0.6) is 0 Å². The van der Waals surface area contributed by atoms with Crippen LogP contribution in [0, 0.1) is 0 Å². The van der Waals surface area contributed by atoms with E-state index in [0.29, 0.717) is 6.04 Å². The first-order valence-electron chi connectivity index (χ1n) is 7.88. The van der Waals surface area contributed by atoms with Crippen molar-refractivity contribution in [1.82, 2.24) is 20.0 Å². The van der Waals surface area contributed by atoms with Crippen LogP contribution in [-0.2, 0) is 20.1 Å². The van der Waals surface area contributed by atoms with E-state index < -0.39 is 0 Å². The maximum Gasteiger partial charge on any atom is 0.0518 e. The van der Waals surface area contributed by atoms with Crippen molar-refractivity contribution in [3.05, 3.63) is 52.8 Å². The van der Waals surface area contributed by atoms with E-state index in [0.717, 1.165) is 31.2 Å². The van der Waals surface area contributed by atoms with Crippen molar-refractivity contribution in [2.24, 2.45) is 7.05 Å². The largest absolute Gasteiger partial charge is 0.308 e. The molecular formula is C17H23ClN4. The second kappa shape index (κ2) is 7.27. The number of nitrogens with zero attached hydrogens (tertiary/aromatic N) is 3. The molecule has 1 aliphatic rings. The summed E-state index contributed by atoms with van der Waals surface area (Å²) in [4.78, 5) is 2.52. The minimum atomic E-state index is 0.608. The predicted octanol–water partition coefficient (Wildman–Crippen LogP) is 2.83. The molecule has 1 aromatic heterocycles. The number of hydrogen-bond donors (Lipinski definition) is 1. The summed E-state index contributed by atoms with van der Waals surface area (Å²) in [6.07, 6.45) is 4.25. The highest BCUT2D eigenvalue weighted by atomic mass is 35.5. The van der Waals surface area contributed by atoms with Gasteiger partial charge in [0.2, 0.25) is 0 Å². The van der Waals surface area contributed by atoms with E-state index in [-0.39, 0.29) is 0 Å². The zero-order valence-corrected chi connectivity index (χ0v) is 13.8. The summed E-state index contributed by atoms with van der Waals surface area (Å²) < 4.78 is 1.93. The maximum absolute atomic E-state index is 5.93. The summed E-state index contributed by atoms with van der Waals surface area (Å²) >= 11 is 5.93. The van der Waals surface area contributed by atoms with E-state index >= 15 is 0 Å². The zero-order valence-electron chi connectivity index (χ0n) is 13.0. The monoisotopic (exact) mass is 318 g/mol. The molecule has 0 radical (unpaired) electrons. The molecule has 1 aromatic carbocycles. The Morgan fingerprint density at radius 3 is 2.55 bits per heavy atom. The lowest BCUT2D eigenvalue weighted by molar-refractivity contribution is 0.189. The summed E-state index contributed by atoms with van der Waals surface area (Å²) in [5.41, 5.74) is 2.58. The Morgan fingerprint density at radius 1 is 1.18 bits per heavy atom. The molecule has 1 fully saturated rings. The molecule has 1 aliphatic heterocycles. The summed E-state index contributed by atoms with van der Waals surface area (Å²) in [7, 11) is 1.99. The smallest absolute Gasteiger partial charge is 0.0518 e. The Kier molecular flexibility index (Phi) is 5.13. The van der Waals surface area contributed by atoms with Crippen LogP contribution in [0.15, 0.2) is 36.5 Å². The number of halogens is 1. The van der Waals surface area contributed by atoms with Crippen molar-refractivity contribution in [2.75, 3.05) is 13.1 Å². The van der Waals surface area contributed by atoms with Crippen molar-refractivity contribution >= 4 is 11.6 Å². The van der Waals surface area contributed by atoms with Crippen LogP contribution < -0.4 is 5.32 Å². The molecule has 5 heteroatoms. The molecule has 0 bridgehead atoms. The van der Waals surface area contributed by atoms with Gasteiger partial charge in [-0.3, -0.25) is 9.58 Å². The second-order valence-corrected chi connectivity index (χ2v) is 6.44. The molecule has 1 N–H and O–H groups in total. The van der Waals surface area contributed by atoms with Crippen molar-refractivity contribution < 1.29 is 0 Å². The topological polar surface area (TPSA) is 33.1 Å². The Balaban J connectivity index is 1.42. The fourth-order valence-corrected chi connectivity index (χ4v) is 3.09. The molecule has 0 unspecified atom stereocenters. The standard InChI is InChI=1S/C17H23ClN4/c1-21-17(6-9-20-21)12-19-16-7-10-22(11-8-16)13-14-2-4-15(18)5-3-14/h2-6,9,16,19H,7-8,10-13H2,1H3. The first kappa shape index (κ1) is 15.5. The Bertz CT molecular complexity index is 585. The maximum atomic E-state index is 5.93. The van der Waals surface area contributed by atoms with Crippen LogP contribution >= 0.6 is 11.6 Å². The molecule has 0 spiro atoms. The number of aryl methyl sites for hydroxylation is 1. The van der Waals surface area contributed by atoms with E-state index in [2.05, 4.69) is 33.5 Å². The van der Waals surface area contributed by atoms with E-state index in [9.17, 15) is 0 Å². The number of piperidine rings is 1. The highest BCUT2D eigenvalue weighted by molar-refractivity contribution is 6.30. The van der Waals surface area contributed by atoms with Gasteiger partial charge in [0, 0.05) is 37.4 Å².